The highest BCUT2D eigenvalue weighted by atomic mass is 32.1. The molecular formula is C28H41N7S. The quantitative estimate of drug-likeness (QED) is 0.248. The molecule has 0 atom stereocenters. The molecule has 2 N–H and O–H groups in total. The van der Waals surface area contributed by atoms with Gasteiger partial charge in [0.05, 0.1) is 28.8 Å². The number of hydrogen-bond acceptors (Lipinski definition) is 7. The third-order valence-corrected chi connectivity index (χ3v) is 6.17. The van der Waals surface area contributed by atoms with Crippen LogP contribution in [0.4, 0.5) is 11.6 Å². The van der Waals surface area contributed by atoms with Crippen LogP contribution < -0.4 is 10.6 Å². The molecule has 0 bridgehead atoms. The summed E-state index contributed by atoms with van der Waals surface area (Å²) in [4.78, 5) is 13.9. The van der Waals surface area contributed by atoms with E-state index in [1.807, 2.05) is 61.3 Å². The zero-order valence-electron chi connectivity index (χ0n) is 22.7. The summed E-state index contributed by atoms with van der Waals surface area (Å²) in [6, 6.07) is 6.97. The second-order valence-corrected chi connectivity index (χ2v) is 10.6. The Balaban J connectivity index is 0.000000840. The fourth-order valence-electron chi connectivity index (χ4n) is 4.17. The van der Waals surface area contributed by atoms with E-state index in [0.29, 0.717) is 18.0 Å². The van der Waals surface area contributed by atoms with E-state index in [1.165, 1.54) is 0 Å². The molecule has 0 aromatic carbocycles. The third-order valence-electron chi connectivity index (χ3n) is 5.78. The Morgan fingerprint density at radius 2 is 1.75 bits per heavy atom. The van der Waals surface area contributed by atoms with E-state index in [0.717, 1.165) is 71.2 Å². The van der Waals surface area contributed by atoms with E-state index >= 15 is 0 Å². The molecule has 3 heterocycles. The topological polar surface area (TPSA) is 79.5 Å². The molecule has 3 aromatic rings. The van der Waals surface area contributed by atoms with Gasteiger partial charge in [-0.1, -0.05) is 20.8 Å². The molecule has 0 aliphatic heterocycles. The molecule has 1 aliphatic rings. The van der Waals surface area contributed by atoms with Crippen molar-refractivity contribution in [3.63, 3.8) is 0 Å². The maximum atomic E-state index is 4.76. The molecule has 1 saturated carbocycles. The number of hydrogen-bond donors (Lipinski definition) is 3. The van der Waals surface area contributed by atoms with Gasteiger partial charge in [-0.05, 0) is 82.9 Å². The summed E-state index contributed by atoms with van der Waals surface area (Å²) in [6.07, 6.45) is 8.25. The van der Waals surface area contributed by atoms with Crippen molar-refractivity contribution >= 4 is 35.5 Å². The number of pyridine rings is 1. The number of anilines is 1. The average molecular weight is 508 g/mol. The number of aryl methyl sites for hydroxylation is 1. The van der Waals surface area contributed by atoms with E-state index in [4.69, 9.17) is 4.98 Å². The highest BCUT2D eigenvalue weighted by molar-refractivity contribution is 7.83. The van der Waals surface area contributed by atoms with Crippen molar-refractivity contribution in [1.29, 1.82) is 0 Å². The van der Waals surface area contributed by atoms with E-state index in [9.17, 15) is 0 Å². The van der Waals surface area contributed by atoms with Crippen molar-refractivity contribution in [2.75, 3.05) is 5.32 Å². The van der Waals surface area contributed by atoms with Gasteiger partial charge in [0.15, 0.2) is 0 Å². The Labute approximate surface area is 221 Å². The van der Waals surface area contributed by atoms with Crippen molar-refractivity contribution in [3.8, 4) is 11.3 Å². The Kier molecular flexibility index (Phi) is 9.93. The number of nitrogens with zero attached hydrogens (tertiary/aromatic N) is 5. The number of thiol groups is 1. The lowest BCUT2D eigenvalue weighted by molar-refractivity contribution is 0.372. The normalized spacial score (nSPS) is 18.0. The molecule has 1 fully saturated rings. The molecular weight excluding hydrogens is 466 g/mol. The SMILES string of the molecule is CC(C)=Nc1ccc(-c2ccn3nc(NC4CCC(N/C(C)=C/S)CC4)ncc23)nc1C.CC(C)C. The number of rotatable bonds is 6. The zero-order valence-corrected chi connectivity index (χ0v) is 23.6. The summed E-state index contributed by atoms with van der Waals surface area (Å²) >= 11 is 4.21. The molecule has 7 nitrogen and oxygen atoms in total. The van der Waals surface area contributed by atoms with E-state index in [1.54, 1.807) is 0 Å². The first kappa shape index (κ1) is 27.7. The first-order chi connectivity index (χ1) is 17.2. The van der Waals surface area contributed by atoms with Gasteiger partial charge in [0.2, 0.25) is 5.95 Å². The van der Waals surface area contributed by atoms with E-state index in [-0.39, 0.29) is 0 Å². The van der Waals surface area contributed by atoms with Crippen LogP contribution in [-0.4, -0.2) is 37.4 Å². The summed E-state index contributed by atoms with van der Waals surface area (Å²) in [5, 5.41) is 13.5. The van der Waals surface area contributed by atoms with Crippen LogP contribution in [-0.2, 0) is 0 Å². The highest BCUT2D eigenvalue weighted by Crippen LogP contribution is 2.28. The maximum absolute atomic E-state index is 4.76. The molecule has 1 aliphatic carbocycles. The molecule has 0 unspecified atom stereocenters. The van der Waals surface area contributed by atoms with Crippen molar-refractivity contribution in [2.24, 2.45) is 10.9 Å². The van der Waals surface area contributed by atoms with Gasteiger partial charge in [0, 0.05) is 35.3 Å². The van der Waals surface area contributed by atoms with Crippen molar-refractivity contribution < 1.29 is 0 Å². The molecule has 0 spiro atoms. The second kappa shape index (κ2) is 12.9. The zero-order chi connectivity index (χ0) is 26.2. The summed E-state index contributed by atoms with van der Waals surface area (Å²) in [5.74, 6) is 1.50. The Bertz CT molecular complexity index is 1200. The molecule has 0 amide bonds. The van der Waals surface area contributed by atoms with Crippen LogP contribution in [0.25, 0.3) is 16.8 Å². The second-order valence-electron chi connectivity index (χ2n) is 10.4. The Morgan fingerprint density at radius 1 is 1.08 bits per heavy atom. The lowest BCUT2D eigenvalue weighted by Gasteiger charge is -2.30. The highest BCUT2D eigenvalue weighted by Gasteiger charge is 2.22. The van der Waals surface area contributed by atoms with Gasteiger partial charge < -0.3 is 10.6 Å². The first-order valence-electron chi connectivity index (χ1n) is 12.8. The number of nitrogens with one attached hydrogen (secondary N) is 2. The molecule has 3 aromatic heterocycles. The lowest BCUT2D eigenvalue weighted by atomic mass is 9.91. The minimum atomic E-state index is 0.389. The van der Waals surface area contributed by atoms with Crippen LogP contribution in [0.2, 0.25) is 0 Å². The fraction of sp³-hybridized carbons (Fsp3) is 0.500. The van der Waals surface area contributed by atoms with Gasteiger partial charge in [0.1, 0.15) is 0 Å². The van der Waals surface area contributed by atoms with Crippen LogP contribution in [0.1, 0.15) is 72.9 Å². The van der Waals surface area contributed by atoms with Crippen molar-refractivity contribution in [1.82, 2.24) is 24.9 Å². The van der Waals surface area contributed by atoms with Crippen LogP contribution in [0.3, 0.4) is 0 Å². The monoisotopic (exact) mass is 507 g/mol. The molecule has 4 rings (SSSR count). The maximum Gasteiger partial charge on any atom is 0.241 e. The van der Waals surface area contributed by atoms with Crippen LogP contribution in [0.15, 0.2) is 46.7 Å². The van der Waals surface area contributed by atoms with Gasteiger partial charge in [-0.25, -0.2) is 9.50 Å². The predicted octanol–water partition coefficient (Wildman–Crippen LogP) is 6.98. The van der Waals surface area contributed by atoms with Gasteiger partial charge in [-0.3, -0.25) is 9.98 Å². The van der Waals surface area contributed by atoms with Crippen molar-refractivity contribution in [3.05, 3.63) is 47.4 Å². The van der Waals surface area contributed by atoms with E-state index < -0.39 is 0 Å². The molecule has 8 heteroatoms. The van der Waals surface area contributed by atoms with E-state index in [2.05, 4.69) is 66.0 Å². The molecule has 0 saturated heterocycles. The largest absolute Gasteiger partial charge is 0.385 e. The summed E-state index contributed by atoms with van der Waals surface area (Å²) in [6.45, 7) is 14.5. The van der Waals surface area contributed by atoms with Gasteiger partial charge in [0.25, 0.3) is 0 Å². The number of allylic oxidation sites excluding steroid dienone is 1. The Hall–Kier alpha value is -2.87. The minimum Gasteiger partial charge on any atom is -0.385 e. The van der Waals surface area contributed by atoms with Crippen LogP contribution >= 0.6 is 12.6 Å². The molecule has 0 radical (unpaired) electrons. The van der Waals surface area contributed by atoms with Gasteiger partial charge >= 0.3 is 0 Å². The standard InChI is InChI=1S/C24H31N7S.C4H10/c1-15(2)26-21-9-10-22(28-17(21)4)20-11-12-31-23(20)13-25-24(30-31)29-19-7-5-18(6-8-19)27-16(3)14-32;1-4(2)3/h9-14,18-19,27,32H,5-8H2,1-4H3,(H,29,30);4H,1-3H3/b16-14+;. The number of aromatic nitrogens is 4. The average Bonchev–Trinajstić information content (AvgIpc) is 3.24. The number of fused-ring (bicyclic) bond motifs is 1. The van der Waals surface area contributed by atoms with Gasteiger partial charge in [-0.2, -0.15) is 0 Å². The summed E-state index contributed by atoms with van der Waals surface area (Å²) in [5.41, 5.74) is 6.80. The summed E-state index contributed by atoms with van der Waals surface area (Å²) < 4.78 is 1.87. The van der Waals surface area contributed by atoms with Crippen molar-refractivity contribution in [2.45, 2.75) is 86.2 Å². The summed E-state index contributed by atoms with van der Waals surface area (Å²) in [7, 11) is 0. The van der Waals surface area contributed by atoms with Gasteiger partial charge in [-0.15, -0.1) is 17.7 Å². The lowest BCUT2D eigenvalue weighted by Crippen LogP contribution is -2.36. The predicted molar refractivity (Wildman–Crippen MR) is 155 cm³/mol. The third kappa shape index (κ3) is 7.82. The molecule has 194 valence electrons. The van der Waals surface area contributed by atoms with Crippen LogP contribution in [0, 0.1) is 12.8 Å². The Morgan fingerprint density at radius 3 is 2.36 bits per heavy atom. The fourth-order valence-corrected chi connectivity index (χ4v) is 4.24. The number of aliphatic imine (C=N–C) groups is 1. The molecule has 36 heavy (non-hydrogen) atoms. The smallest absolute Gasteiger partial charge is 0.241 e. The van der Waals surface area contributed by atoms with Crippen LogP contribution in [0.5, 0.6) is 0 Å². The minimum absolute atomic E-state index is 0.389. The first-order valence-corrected chi connectivity index (χ1v) is 13.4.